The Labute approximate surface area is 161 Å². The Morgan fingerprint density at radius 1 is 0.655 bits per heavy atom. The Kier molecular flexibility index (Phi) is 5.38. The normalized spacial score (nSPS) is 11.2. The zero-order valence-corrected chi connectivity index (χ0v) is 14.8. The highest BCUT2D eigenvalue weighted by molar-refractivity contribution is 5.72. The molecule has 0 saturated carbocycles. The summed E-state index contributed by atoms with van der Waals surface area (Å²) in [5, 5.41) is 0. The number of hydrogen-bond donors (Lipinski definition) is 0. The fourth-order valence-electron chi connectivity index (χ4n) is 2.73. The Morgan fingerprint density at radius 2 is 1.14 bits per heavy atom. The van der Waals surface area contributed by atoms with Crippen molar-refractivity contribution in [3.63, 3.8) is 0 Å². The summed E-state index contributed by atoms with van der Waals surface area (Å²) in [7, 11) is 0. The minimum Gasteiger partial charge on any atom is -0.206 e. The number of aryl methyl sites for hydroxylation is 1. The smallest absolute Gasteiger partial charge is 0.206 e. The van der Waals surface area contributed by atoms with Gasteiger partial charge in [-0.25, -0.2) is 17.6 Å². The summed E-state index contributed by atoms with van der Waals surface area (Å²) in [5.74, 6) is -2.97. The maximum absolute atomic E-state index is 14.6. The van der Waals surface area contributed by atoms with Crippen LogP contribution in [0, 0.1) is 42.0 Å². The number of rotatable bonds is 2. The van der Waals surface area contributed by atoms with E-state index in [9.17, 15) is 30.7 Å². The van der Waals surface area contributed by atoms with Crippen molar-refractivity contribution in [2.24, 2.45) is 0 Å². The van der Waals surface area contributed by atoms with Gasteiger partial charge in [-0.2, -0.15) is 13.2 Å². The second-order valence-corrected chi connectivity index (χ2v) is 6.24. The van der Waals surface area contributed by atoms with E-state index in [4.69, 9.17) is 0 Å². The zero-order valence-electron chi connectivity index (χ0n) is 14.8. The highest BCUT2D eigenvalue weighted by atomic mass is 19.4. The molecular formula is C22H11F7. The van der Waals surface area contributed by atoms with E-state index in [0.717, 1.165) is 23.6 Å². The summed E-state index contributed by atoms with van der Waals surface area (Å²) >= 11 is 0. The molecule has 0 heterocycles. The summed E-state index contributed by atoms with van der Waals surface area (Å²) < 4.78 is 93.7. The van der Waals surface area contributed by atoms with Gasteiger partial charge < -0.3 is 0 Å². The Bertz CT molecular complexity index is 1080. The summed E-state index contributed by atoms with van der Waals surface area (Å²) in [6.07, 6.45) is -4.94. The van der Waals surface area contributed by atoms with Gasteiger partial charge >= 0.3 is 6.18 Å². The van der Waals surface area contributed by atoms with E-state index in [1.165, 1.54) is 5.92 Å². The van der Waals surface area contributed by atoms with Gasteiger partial charge in [-0.3, -0.25) is 0 Å². The molecule has 0 aliphatic rings. The van der Waals surface area contributed by atoms with Crippen LogP contribution in [0.2, 0.25) is 0 Å². The maximum Gasteiger partial charge on any atom is 0.458 e. The van der Waals surface area contributed by atoms with Crippen molar-refractivity contribution >= 4 is 0 Å². The van der Waals surface area contributed by atoms with E-state index in [1.807, 2.05) is 6.92 Å². The van der Waals surface area contributed by atoms with Crippen molar-refractivity contribution in [1.82, 2.24) is 0 Å². The molecular weight excluding hydrogens is 397 g/mol. The topological polar surface area (TPSA) is 0 Å². The van der Waals surface area contributed by atoms with Gasteiger partial charge in [0.2, 0.25) is 0 Å². The third kappa shape index (κ3) is 4.60. The SMILES string of the molecule is Cc1ccc(-c2cc(F)c(-c3cc(F)c(C#CC(F)(F)F)c(F)c3)c(F)c2)cc1. The molecule has 3 aromatic carbocycles. The fraction of sp³-hybridized carbons (Fsp3) is 0.0909. The molecule has 0 radical (unpaired) electrons. The lowest BCUT2D eigenvalue weighted by molar-refractivity contribution is -0.0696. The average Bonchev–Trinajstić information content (AvgIpc) is 2.60. The van der Waals surface area contributed by atoms with Crippen molar-refractivity contribution in [1.29, 1.82) is 0 Å². The zero-order chi connectivity index (χ0) is 21.3. The van der Waals surface area contributed by atoms with Gasteiger partial charge in [0.15, 0.2) is 0 Å². The first-order chi connectivity index (χ1) is 13.5. The van der Waals surface area contributed by atoms with Gasteiger partial charge in [-0.05, 0) is 47.9 Å². The average molecular weight is 408 g/mol. The second-order valence-electron chi connectivity index (χ2n) is 6.24. The first kappa shape index (κ1) is 20.5. The van der Waals surface area contributed by atoms with Crippen LogP contribution in [0.25, 0.3) is 22.3 Å². The molecule has 0 spiro atoms. The number of alkyl halides is 3. The summed E-state index contributed by atoms with van der Waals surface area (Å²) in [6.45, 7) is 1.85. The van der Waals surface area contributed by atoms with Crippen LogP contribution in [-0.2, 0) is 0 Å². The molecule has 0 aliphatic carbocycles. The van der Waals surface area contributed by atoms with Crippen molar-refractivity contribution in [2.45, 2.75) is 13.1 Å². The van der Waals surface area contributed by atoms with Crippen LogP contribution in [-0.4, -0.2) is 6.18 Å². The van der Waals surface area contributed by atoms with Gasteiger partial charge in [0.05, 0.1) is 11.1 Å². The summed E-state index contributed by atoms with van der Waals surface area (Å²) in [6, 6.07) is 9.93. The molecule has 3 rings (SSSR count). The van der Waals surface area contributed by atoms with Crippen molar-refractivity contribution < 1.29 is 30.7 Å². The molecule has 0 amide bonds. The van der Waals surface area contributed by atoms with Crippen LogP contribution >= 0.6 is 0 Å². The van der Waals surface area contributed by atoms with Gasteiger partial charge in [0.25, 0.3) is 0 Å². The molecule has 3 aromatic rings. The molecule has 7 heteroatoms. The minimum absolute atomic E-state index is 0.220. The van der Waals surface area contributed by atoms with Crippen molar-refractivity contribution in [2.75, 3.05) is 0 Å². The molecule has 0 bridgehead atoms. The molecule has 0 aromatic heterocycles. The first-order valence-electron chi connectivity index (χ1n) is 8.20. The molecule has 0 nitrogen and oxygen atoms in total. The summed E-state index contributed by atoms with van der Waals surface area (Å²) in [4.78, 5) is 0. The molecule has 0 aliphatic heterocycles. The Balaban J connectivity index is 2.07. The molecule has 29 heavy (non-hydrogen) atoms. The number of halogens is 7. The third-order valence-electron chi connectivity index (χ3n) is 4.09. The third-order valence-corrected chi connectivity index (χ3v) is 4.09. The van der Waals surface area contributed by atoms with Crippen LogP contribution in [0.5, 0.6) is 0 Å². The van der Waals surface area contributed by atoms with E-state index < -0.39 is 46.1 Å². The van der Waals surface area contributed by atoms with Gasteiger partial charge in [-0.1, -0.05) is 35.7 Å². The second kappa shape index (κ2) is 7.63. The predicted molar refractivity (Wildman–Crippen MR) is 94.8 cm³/mol. The molecule has 0 N–H and O–H groups in total. The Morgan fingerprint density at radius 3 is 1.62 bits per heavy atom. The van der Waals surface area contributed by atoms with Crippen LogP contribution in [0.3, 0.4) is 0 Å². The number of hydrogen-bond acceptors (Lipinski definition) is 0. The molecule has 0 atom stereocenters. The first-order valence-corrected chi connectivity index (χ1v) is 8.20. The highest BCUT2D eigenvalue weighted by Gasteiger charge is 2.24. The quantitative estimate of drug-likeness (QED) is 0.323. The van der Waals surface area contributed by atoms with Crippen molar-refractivity contribution in [3.05, 3.63) is 82.9 Å². The van der Waals surface area contributed by atoms with E-state index in [1.54, 1.807) is 24.3 Å². The van der Waals surface area contributed by atoms with Gasteiger partial charge in [0.1, 0.15) is 23.3 Å². The molecule has 148 valence electrons. The minimum atomic E-state index is -4.94. The number of benzene rings is 3. The van der Waals surface area contributed by atoms with E-state index in [-0.39, 0.29) is 5.56 Å². The van der Waals surface area contributed by atoms with Crippen molar-refractivity contribution in [3.8, 4) is 34.1 Å². The monoisotopic (exact) mass is 408 g/mol. The van der Waals surface area contributed by atoms with Crippen LogP contribution < -0.4 is 0 Å². The molecule has 0 saturated heterocycles. The lowest BCUT2D eigenvalue weighted by Gasteiger charge is -2.10. The summed E-state index contributed by atoms with van der Waals surface area (Å²) in [5.41, 5.74) is -0.626. The lowest BCUT2D eigenvalue weighted by Crippen LogP contribution is -2.03. The molecule has 0 unspecified atom stereocenters. The van der Waals surface area contributed by atoms with E-state index in [0.29, 0.717) is 17.7 Å². The van der Waals surface area contributed by atoms with Gasteiger partial charge in [0, 0.05) is 5.92 Å². The Hall–Kier alpha value is -3.27. The van der Waals surface area contributed by atoms with Crippen LogP contribution in [0.15, 0.2) is 48.5 Å². The maximum atomic E-state index is 14.6. The fourth-order valence-corrected chi connectivity index (χ4v) is 2.73. The van der Waals surface area contributed by atoms with E-state index in [2.05, 4.69) is 0 Å². The van der Waals surface area contributed by atoms with Crippen LogP contribution in [0.4, 0.5) is 30.7 Å². The lowest BCUT2D eigenvalue weighted by atomic mass is 9.97. The largest absolute Gasteiger partial charge is 0.458 e. The van der Waals surface area contributed by atoms with Gasteiger partial charge in [-0.15, -0.1) is 0 Å². The standard InChI is InChI=1S/C22H11F7/c1-12-2-4-13(5-3-12)14-8-19(25)21(20(26)9-14)15-10-17(23)16(18(24)11-15)6-7-22(27,28)29/h2-5,8-11H,1H3. The van der Waals surface area contributed by atoms with E-state index >= 15 is 0 Å². The van der Waals surface area contributed by atoms with Crippen LogP contribution in [0.1, 0.15) is 11.1 Å². The highest BCUT2D eigenvalue weighted by Crippen LogP contribution is 2.33. The predicted octanol–water partition coefficient (Wildman–Crippen LogP) is 6.80. The molecule has 0 fully saturated rings.